The standard InChI is InChI=1S/C14H9BrClF3O/c1-20-8-2-3-9(10(15)6-8)14(16)13-11(18)4-7(17)5-12(13)19/h2-6,14H,1H3. The zero-order valence-electron chi connectivity index (χ0n) is 10.3. The van der Waals surface area contributed by atoms with Crippen LogP contribution in [0.2, 0.25) is 0 Å². The third-order valence-corrected chi connectivity index (χ3v) is 3.92. The van der Waals surface area contributed by atoms with Crippen LogP contribution in [0.5, 0.6) is 5.75 Å². The summed E-state index contributed by atoms with van der Waals surface area (Å²) in [6.07, 6.45) is 0. The zero-order valence-corrected chi connectivity index (χ0v) is 12.6. The molecule has 20 heavy (non-hydrogen) atoms. The molecule has 0 aliphatic heterocycles. The maximum Gasteiger partial charge on any atom is 0.134 e. The van der Waals surface area contributed by atoms with E-state index in [9.17, 15) is 13.2 Å². The predicted molar refractivity (Wildman–Crippen MR) is 74.7 cm³/mol. The second kappa shape index (κ2) is 6.06. The van der Waals surface area contributed by atoms with E-state index in [0.717, 1.165) is 0 Å². The van der Waals surface area contributed by atoms with Crippen LogP contribution in [0.3, 0.4) is 0 Å². The van der Waals surface area contributed by atoms with Crippen molar-refractivity contribution in [2.24, 2.45) is 0 Å². The Labute approximate surface area is 127 Å². The number of hydrogen-bond acceptors (Lipinski definition) is 1. The predicted octanol–water partition coefficient (Wildman–Crippen LogP) is 5.20. The molecular formula is C14H9BrClF3O. The van der Waals surface area contributed by atoms with Gasteiger partial charge in [0.1, 0.15) is 23.2 Å². The van der Waals surface area contributed by atoms with Gasteiger partial charge in [0.05, 0.1) is 12.5 Å². The number of benzene rings is 2. The van der Waals surface area contributed by atoms with Crippen molar-refractivity contribution >= 4 is 27.5 Å². The van der Waals surface area contributed by atoms with Crippen molar-refractivity contribution in [3.8, 4) is 5.75 Å². The molecule has 2 rings (SSSR count). The first-order valence-corrected chi connectivity index (χ1v) is 6.79. The Morgan fingerprint density at radius 1 is 1.10 bits per heavy atom. The number of ether oxygens (including phenoxy) is 1. The molecule has 0 aliphatic carbocycles. The molecule has 1 nitrogen and oxygen atoms in total. The van der Waals surface area contributed by atoms with E-state index in [1.807, 2.05) is 0 Å². The van der Waals surface area contributed by atoms with E-state index in [4.69, 9.17) is 16.3 Å². The van der Waals surface area contributed by atoms with Crippen LogP contribution in [0.1, 0.15) is 16.5 Å². The summed E-state index contributed by atoms with van der Waals surface area (Å²) in [6, 6.07) is 6.04. The molecule has 106 valence electrons. The van der Waals surface area contributed by atoms with Gasteiger partial charge in [0.15, 0.2) is 0 Å². The lowest BCUT2D eigenvalue weighted by Gasteiger charge is -2.15. The van der Waals surface area contributed by atoms with Crippen LogP contribution in [0.25, 0.3) is 0 Å². The fourth-order valence-corrected chi connectivity index (χ4v) is 2.91. The Morgan fingerprint density at radius 2 is 1.70 bits per heavy atom. The summed E-state index contributed by atoms with van der Waals surface area (Å²) >= 11 is 9.39. The molecule has 1 unspecified atom stereocenters. The van der Waals surface area contributed by atoms with Gasteiger partial charge in [-0.25, -0.2) is 13.2 Å². The van der Waals surface area contributed by atoms with Gasteiger partial charge in [0.2, 0.25) is 0 Å². The van der Waals surface area contributed by atoms with Crippen LogP contribution in [0, 0.1) is 17.5 Å². The van der Waals surface area contributed by atoms with Crippen LogP contribution >= 0.6 is 27.5 Å². The molecule has 1 atom stereocenters. The summed E-state index contributed by atoms with van der Waals surface area (Å²) < 4.78 is 45.9. The molecular weight excluding hydrogens is 357 g/mol. The lowest BCUT2D eigenvalue weighted by atomic mass is 10.0. The molecule has 0 saturated carbocycles. The fraction of sp³-hybridized carbons (Fsp3) is 0.143. The highest BCUT2D eigenvalue weighted by Crippen LogP contribution is 2.38. The Bertz CT molecular complexity index is 625. The van der Waals surface area contributed by atoms with Crippen molar-refractivity contribution < 1.29 is 17.9 Å². The number of hydrogen-bond donors (Lipinski definition) is 0. The lowest BCUT2D eigenvalue weighted by molar-refractivity contribution is 0.414. The number of rotatable bonds is 3. The zero-order chi connectivity index (χ0) is 14.9. The van der Waals surface area contributed by atoms with Crippen molar-refractivity contribution in [2.75, 3.05) is 7.11 Å². The van der Waals surface area contributed by atoms with E-state index < -0.39 is 22.8 Å². The number of halogens is 5. The minimum Gasteiger partial charge on any atom is -0.497 e. The van der Waals surface area contributed by atoms with Crippen LogP contribution in [-0.2, 0) is 0 Å². The molecule has 0 aromatic heterocycles. The SMILES string of the molecule is COc1ccc(C(Cl)c2c(F)cc(F)cc2F)c(Br)c1. The average Bonchev–Trinajstić information content (AvgIpc) is 2.37. The first-order chi connectivity index (χ1) is 9.43. The topological polar surface area (TPSA) is 9.23 Å². The molecule has 0 heterocycles. The minimum atomic E-state index is -1.09. The van der Waals surface area contributed by atoms with E-state index in [2.05, 4.69) is 15.9 Å². The van der Waals surface area contributed by atoms with Crippen molar-refractivity contribution in [1.29, 1.82) is 0 Å². The van der Waals surface area contributed by atoms with Gasteiger partial charge in [-0.15, -0.1) is 11.6 Å². The highest BCUT2D eigenvalue weighted by molar-refractivity contribution is 9.10. The van der Waals surface area contributed by atoms with E-state index >= 15 is 0 Å². The Morgan fingerprint density at radius 3 is 2.20 bits per heavy atom. The maximum atomic E-state index is 13.7. The largest absolute Gasteiger partial charge is 0.497 e. The first-order valence-electron chi connectivity index (χ1n) is 5.56. The van der Waals surface area contributed by atoms with E-state index in [1.54, 1.807) is 18.2 Å². The molecule has 0 fully saturated rings. The second-order valence-electron chi connectivity index (χ2n) is 4.03. The van der Waals surface area contributed by atoms with Crippen molar-refractivity contribution in [3.63, 3.8) is 0 Å². The molecule has 2 aromatic carbocycles. The molecule has 0 saturated heterocycles. The summed E-state index contributed by atoms with van der Waals surface area (Å²) in [6.45, 7) is 0. The quantitative estimate of drug-likeness (QED) is 0.679. The molecule has 6 heteroatoms. The van der Waals surface area contributed by atoms with Crippen molar-refractivity contribution in [2.45, 2.75) is 5.38 Å². The molecule has 0 N–H and O–H groups in total. The Balaban J connectivity index is 2.49. The molecule has 0 amide bonds. The second-order valence-corrected chi connectivity index (χ2v) is 5.32. The molecule has 0 radical (unpaired) electrons. The van der Waals surface area contributed by atoms with Gasteiger partial charge < -0.3 is 4.74 Å². The summed E-state index contributed by atoms with van der Waals surface area (Å²) in [4.78, 5) is 0. The highest BCUT2D eigenvalue weighted by atomic mass is 79.9. The monoisotopic (exact) mass is 364 g/mol. The molecule has 2 aromatic rings. The summed E-state index contributed by atoms with van der Waals surface area (Å²) in [5, 5.41) is -1.09. The van der Waals surface area contributed by atoms with Gasteiger partial charge in [-0.05, 0) is 17.7 Å². The minimum absolute atomic E-state index is 0.390. The van der Waals surface area contributed by atoms with Gasteiger partial charge in [-0.2, -0.15) is 0 Å². The molecule has 0 aliphatic rings. The van der Waals surface area contributed by atoms with E-state index in [0.29, 0.717) is 27.9 Å². The van der Waals surface area contributed by atoms with Gasteiger partial charge in [-0.3, -0.25) is 0 Å². The summed E-state index contributed by atoms with van der Waals surface area (Å²) in [7, 11) is 1.50. The summed E-state index contributed by atoms with van der Waals surface area (Å²) in [5.74, 6) is -2.46. The van der Waals surface area contributed by atoms with Crippen LogP contribution in [0.4, 0.5) is 13.2 Å². The Kier molecular flexibility index (Phi) is 4.60. The average molecular weight is 366 g/mol. The smallest absolute Gasteiger partial charge is 0.134 e. The normalized spacial score (nSPS) is 12.3. The van der Waals surface area contributed by atoms with Crippen LogP contribution < -0.4 is 4.74 Å². The van der Waals surface area contributed by atoms with Gasteiger partial charge in [0.25, 0.3) is 0 Å². The van der Waals surface area contributed by atoms with Gasteiger partial charge in [0, 0.05) is 22.2 Å². The number of methoxy groups -OCH3 is 1. The highest BCUT2D eigenvalue weighted by Gasteiger charge is 2.23. The third-order valence-electron chi connectivity index (χ3n) is 2.78. The maximum absolute atomic E-state index is 13.7. The fourth-order valence-electron chi connectivity index (χ4n) is 1.79. The summed E-state index contributed by atoms with van der Waals surface area (Å²) in [5.41, 5.74) is 0.0656. The van der Waals surface area contributed by atoms with Crippen LogP contribution in [-0.4, -0.2) is 7.11 Å². The molecule has 0 bridgehead atoms. The van der Waals surface area contributed by atoms with Crippen LogP contribution in [0.15, 0.2) is 34.8 Å². The van der Waals surface area contributed by atoms with Gasteiger partial charge in [-0.1, -0.05) is 22.0 Å². The molecule has 0 spiro atoms. The third kappa shape index (κ3) is 2.94. The lowest BCUT2D eigenvalue weighted by Crippen LogP contribution is -2.03. The van der Waals surface area contributed by atoms with E-state index in [-0.39, 0.29) is 5.56 Å². The van der Waals surface area contributed by atoms with Gasteiger partial charge >= 0.3 is 0 Å². The van der Waals surface area contributed by atoms with Crippen molar-refractivity contribution in [1.82, 2.24) is 0 Å². The number of alkyl halides is 1. The first kappa shape index (κ1) is 15.2. The van der Waals surface area contributed by atoms with E-state index in [1.165, 1.54) is 7.11 Å². The Hall–Kier alpha value is -1.20. The van der Waals surface area contributed by atoms with Crippen molar-refractivity contribution in [3.05, 3.63) is 63.4 Å².